The molecule has 23 heavy (non-hydrogen) atoms. The minimum atomic E-state index is -0.126. The van der Waals surface area contributed by atoms with Crippen LogP contribution in [0.15, 0.2) is 29.2 Å². The molecule has 0 spiro atoms. The van der Waals surface area contributed by atoms with Crippen LogP contribution < -0.4 is 15.5 Å². The molecule has 1 aromatic rings. The van der Waals surface area contributed by atoms with E-state index in [2.05, 4.69) is 16.6 Å². The van der Waals surface area contributed by atoms with Gasteiger partial charge in [0.1, 0.15) is 6.04 Å². The fourth-order valence-electron chi connectivity index (χ4n) is 3.82. The van der Waals surface area contributed by atoms with Crippen LogP contribution in [-0.2, 0) is 0 Å². The van der Waals surface area contributed by atoms with E-state index in [9.17, 15) is 4.79 Å². The number of quaternary nitrogens is 1. The molecule has 1 aromatic carbocycles. The van der Waals surface area contributed by atoms with E-state index in [0.29, 0.717) is 17.9 Å². The average Bonchev–Trinajstić information content (AvgIpc) is 2.60. The van der Waals surface area contributed by atoms with Gasteiger partial charge in [-0.15, -0.1) is 18.2 Å². The lowest BCUT2D eigenvalue weighted by Gasteiger charge is -2.45. The number of anilines is 1. The van der Waals surface area contributed by atoms with Crippen molar-refractivity contribution in [3.63, 3.8) is 0 Å². The number of benzene rings is 1. The fourth-order valence-corrected chi connectivity index (χ4v) is 4.28. The Balaban J connectivity index is 1.49. The molecule has 3 fully saturated rings. The minimum Gasteiger partial charge on any atom is -0.332 e. The number of piperidine rings is 3. The Kier molecular flexibility index (Phi) is 5.14. The molecule has 3 aliphatic heterocycles. The number of carbonyl (C=O) groups excluding carboxylic acids is 1. The van der Waals surface area contributed by atoms with Crippen molar-refractivity contribution in [2.24, 2.45) is 11.8 Å². The maximum atomic E-state index is 12.1. The number of amides is 2. The summed E-state index contributed by atoms with van der Waals surface area (Å²) in [4.78, 5) is 14.8. The SMILES string of the molecule is C#C[C@H]1C[NH+]2CC[C@H]1C[C@@H]2CNC(=O)Nc1cccc(SC)c1. The van der Waals surface area contributed by atoms with Gasteiger partial charge in [-0.1, -0.05) is 12.0 Å². The average molecular weight is 330 g/mol. The van der Waals surface area contributed by atoms with E-state index in [1.807, 2.05) is 30.5 Å². The van der Waals surface area contributed by atoms with Crippen LogP contribution in [-0.4, -0.2) is 38.0 Å². The van der Waals surface area contributed by atoms with Crippen LogP contribution in [0.1, 0.15) is 12.8 Å². The number of carbonyl (C=O) groups is 1. The van der Waals surface area contributed by atoms with E-state index in [-0.39, 0.29) is 6.03 Å². The van der Waals surface area contributed by atoms with Crippen LogP contribution >= 0.6 is 11.8 Å². The van der Waals surface area contributed by atoms with Gasteiger partial charge in [-0.25, -0.2) is 4.79 Å². The predicted octanol–water partition coefficient (Wildman–Crippen LogP) is 1.46. The highest BCUT2D eigenvalue weighted by Crippen LogP contribution is 2.26. The molecule has 0 aromatic heterocycles. The molecule has 4 rings (SSSR count). The van der Waals surface area contributed by atoms with Crippen LogP contribution in [0.3, 0.4) is 0 Å². The van der Waals surface area contributed by atoms with E-state index in [4.69, 9.17) is 6.42 Å². The molecule has 3 N–H and O–H groups in total. The molecule has 2 bridgehead atoms. The lowest BCUT2D eigenvalue weighted by Crippen LogP contribution is -3.20. The van der Waals surface area contributed by atoms with Crippen LogP contribution in [0.5, 0.6) is 0 Å². The third-order valence-corrected chi connectivity index (χ3v) is 5.83. The normalized spacial score (nSPS) is 28.9. The summed E-state index contributed by atoms with van der Waals surface area (Å²) < 4.78 is 0. The highest BCUT2D eigenvalue weighted by molar-refractivity contribution is 7.98. The number of hydrogen-bond acceptors (Lipinski definition) is 2. The van der Waals surface area contributed by atoms with Crippen molar-refractivity contribution in [3.8, 4) is 12.3 Å². The van der Waals surface area contributed by atoms with Crippen molar-refractivity contribution in [2.45, 2.75) is 23.8 Å². The zero-order valence-corrected chi connectivity index (χ0v) is 14.3. The highest BCUT2D eigenvalue weighted by Gasteiger charge is 2.42. The first-order chi connectivity index (χ1) is 11.2. The molecule has 2 amide bonds. The lowest BCUT2D eigenvalue weighted by molar-refractivity contribution is -0.943. The molecule has 0 radical (unpaired) electrons. The van der Waals surface area contributed by atoms with Gasteiger partial charge < -0.3 is 15.5 Å². The van der Waals surface area contributed by atoms with Crippen molar-refractivity contribution < 1.29 is 9.69 Å². The monoisotopic (exact) mass is 330 g/mol. The maximum Gasteiger partial charge on any atom is 0.319 e. The molecule has 0 saturated carbocycles. The van der Waals surface area contributed by atoms with Crippen LogP contribution in [0.2, 0.25) is 0 Å². The molecule has 0 aliphatic carbocycles. The first-order valence-electron chi connectivity index (χ1n) is 8.19. The fraction of sp³-hybridized carbons (Fsp3) is 0.500. The summed E-state index contributed by atoms with van der Waals surface area (Å²) in [5.74, 6) is 4.01. The first-order valence-corrected chi connectivity index (χ1v) is 9.41. The van der Waals surface area contributed by atoms with Crippen LogP contribution in [0.4, 0.5) is 10.5 Å². The summed E-state index contributed by atoms with van der Waals surface area (Å²) in [5, 5.41) is 5.94. The van der Waals surface area contributed by atoms with E-state index < -0.39 is 0 Å². The molecular formula is C18H24N3OS+. The number of rotatable bonds is 4. The Hall–Kier alpha value is -1.64. The van der Waals surface area contributed by atoms with Gasteiger partial charge in [0.2, 0.25) is 0 Å². The number of urea groups is 1. The van der Waals surface area contributed by atoms with Crippen molar-refractivity contribution in [2.75, 3.05) is 31.2 Å². The Morgan fingerprint density at radius 3 is 3.09 bits per heavy atom. The predicted molar refractivity (Wildman–Crippen MR) is 94.8 cm³/mol. The standard InChI is InChI=1S/C18H23N3OS/c1-3-13-12-21-8-7-14(13)9-16(21)11-19-18(22)20-15-5-4-6-17(10-15)23-2/h1,4-6,10,13-14,16H,7-9,11-12H2,2H3,(H2,19,20,22)/p+1/t13-,14-,16+/m0/s1. The molecule has 4 nitrogen and oxygen atoms in total. The van der Waals surface area contributed by atoms with E-state index in [1.54, 1.807) is 16.7 Å². The third kappa shape index (κ3) is 3.82. The van der Waals surface area contributed by atoms with E-state index >= 15 is 0 Å². The molecule has 3 aliphatic rings. The molecule has 4 atom stereocenters. The van der Waals surface area contributed by atoms with E-state index in [1.165, 1.54) is 13.0 Å². The summed E-state index contributed by atoms with van der Waals surface area (Å²) in [6.07, 6.45) is 10.0. The van der Waals surface area contributed by atoms with Crippen LogP contribution in [0, 0.1) is 24.2 Å². The lowest BCUT2D eigenvalue weighted by atomic mass is 9.76. The minimum absolute atomic E-state index is 0.126. The smallest absolute Gasteiger partial charge is 0.319 e. The third-order valence-electron chi connectivity index (χ3n) is 5.10. The summed E-state index contributed by atoms with van der Waals surface area (Å²) in [7, 11) is 0. The molecule has 122 valence electrons. The topological polar surface area (TPSA) is 45.6 Å². The van der Waals surface area contributed by atoms with Gasteiger partial charge in [0, 0.05) is 23.4 Å². The first kappa shape index (κ1) is 16.2. The second kappa shape index (κ2) is 7.29. The Labute approximate surface area is 142 Å². The largest absolute Gasteiger partial charge is 0.332 e. The van der Waals surface area contributed by atoms with Gasteiger partial charge in [0.25, 0.3) is 0 Å². The quantitative estimate of drug-likeness (QED) is 0.578. The Bertz CT molecular complexity index is 613. The van der Waals surface area contributed by atoms with Crippen LogP contribution in [0.25, 0.3) is 0 Å². The van der Waals surface area contributed by atoms with Crippen molar-refractivity contribution in [3.05, 3.63) is 24.3 Å². The molecule has 3 saturated heterocycles. The van der Waals surface area contributed by atoms with Gasteiger partial charge in [0.15, 0.2) is 0 Å². The van der Waals surface area contributed by atoms with Crippen molar-refractivity contribution in [1.29, 1.82) is 0 Å². The number of terminal acetylenes is 1. The summed E-state index contributed by atoms with van der Waals surface area (Å²) in [5.41, 5.74) is 0.833. The van der Waals surface area contributed by atoms with E-state index in [0.717, 1.165) is 30.1 Å². The van der Waals surface area contributed by atoms with Crippen molar-refractivity contribution in [1.82, 2.24) is 5.32 Å². The van der Waals surface area contributed by atoms with Gasteiger partial charge in [0.05, 0.1) is 25.6 Å². The number of fused-ring (bicyclic) bond motifs is 3. The summed E-state index contributed by atoms with van der Waals surface area (Å²) in [6, 6.07) is 8.26. The van der Waals surface area contributed by atoms with Gasteiger partial charge >= 0.3 is 6.03 Å². The maximum absolute atomic E-state index is 12.1. The van der Waals surface area contributed by atoms with Gasteiger partial charge in [-0.3, -0.25) is 0 Å². The second-order valence-corrected chi connectivity index (χ2v) is 7.31. The molecule has 3 heterocycles. The second-order valence-electron chi connectivity index (χ2n) is 6.43. The van der Waals surface area contributed by atoms with Crippen molar-refractivity contribution >= 4 is 23.5 Å². The highest BCUT2D eigenvalue weighted by atomic mass is 32.2. The van der Waals surface area contributed by atoms with Gasteiger partial charge in [-0.05, 0) is 30.4 Å². The number of nitrogens with one attached hydrogen (secondary N) is 3. The molecular weight excluding hydrogens is 306 g/mol. The summed E-state index contributed by atoms with van der Waals surface area (Å²) >= 11 is 1.67. The Morgan fingerprint density at radius 1 is 1.52 bits per heavy atom. The molecule has 5 heteroatoms. The number of thioether (sulfide) groups is 1. The summed E-state index contributed by atoms with van der Waals surface area (Å²) in [6.45, 7) is 2.97. The molecule has 1 unspecified atom stereocenters. The zero-order chi connectivity index (χ0) is 16.2. The zero-order valence-electron chi connectivity index (χ0n) is 13.5. The number of hydrogen-bond donors (Lipinski definition) is 3. The van der Waals surface area contributed by atoms with Gasteiger partial charge in [-0.2, -0.15) is 0 Å². The Morgan fingerprint density at radius 2 is 2.39 bits per heavy atom.